The molecule has 1 atom stereocenters. The molecule has 0 radical (unpaired) electrons. The molecule has 0 amide bonds. The van der Waals surface area contributed by atoms with Gasteiger partial charge in [-0.2, -0.15) is 0 Å². The molecule has 0 aromatic rings. The van der Waals surface area contributed by atoms with Gasteiger partial charge in [0.1, 0.15) is 13.2 Å². The SMILES string of the molecule is CCCCCCCCCCCCCCCCC(=O)O[C@@H](COC(=O)CCCCCCCCCCCCC)COC(=O)CCCCCCCCCCCC(C)C. The topological polar surface area (TPSA) is 78.9 Å². The third-order valence-electron chi connectivity index (χ3n) is 11.0. The zero-order valence-electron chi connectivity index (χ0n) is 37.4. The van der Waals surface area contributed by atoms with Gasteiger partial charge in [0.25, 0.3) is 0 Å². The van der Waals surface area contributed by atoms with Crippen LogP contribution in [0, 0.1) is 5.92 Å². The largest absolute Gasteiger partial charge is 0.462 e. The first-order valence-electron chi connectivity index (χ1n) is 24.4. The Morgan fingerprint density at radius 3 is 0.891 bits per heavy atom. The van der Waals surface area contributed by atoms with Crippen LogP contribution in [0.25, 0.3) is 0 Å². The van der Waals surface area contributed by atoms with Crippen LogP contribution in [-0.4, -0.2) is 37.2 Å². The molecule has 0 heterocycles. The first-order valence-corrected chi connectivity index (χ1v) is 24.4. The Balaban J connectivity index is 4.32. The third-order valence-corrected chi connectivity index (χ3v) is 11.0. The maximum absolute atomic E-state index is 12.7. The van der Waals surface area contributed by atoms with Crippen molar-refractivity contribution in [1.29, 1.82) is 0 Å². The maximum atomic E-state index is 12.7. The Kier molecular flexibility index (Phi) is 42.3. The molecule has 55 heavy (non-hydrogen) atoms. The number of hydrogen-bond donors (Lipinski definition) is 0. The molecule has 0 bridgehead atoms. The molecular weight excluding hydrogens is 685 g/mol. The highest BCUT2D eigenvalue weighted by Gasteiger charge is 2.19. The minimum atomic E-state index is -0.759. The second-order valence-corrected chi connectivity index (χ2v) is 17.2. The van der Waals surface area contributed by atoms with Crippen LogP contribution in [0.15, 0.2) is 0 Å². The standard InChI is InChI=1S/C49H94O6/c1-5-7-9-11-13-15-17-18-19-21-25-30-34-38-42-49(52)55-46(43-53-47(50)40-36-32-28-24-20-16-14-12-10-8-6-2)44-54-48(51)41-37-33-29-26-22-23-27-31-35-39-45(3)4/h45-46H,5-44H2,1-4H3/t46-/m0/s1. The molecule has 0 fully saturated rings. The maximum Gasteiger partial charge on any atom is 0.306 e. The molecule has 0 aromatic carbocycles. The Hall–Kier alpha value is -1.59. The Morgan fingerprint density at radius 1 is 0.345 bits per heavy atom. The van der Waals surface area contributed by atoms with Gasteiger partial charge in [-0.15, -0.1) is 0 Å². The summed E-state index contributed by atoms with van der Waals surface area (Å²) in [6.07, 6.45) is 43.7. The average molecular weight is 779 g/mol. The predicted molar refractivity (Wildman–Crippen MR) is 233 cm³/mol. The Labute approximate surface area is 342 Å². The molecule has 0 spiro atoms. The van der Waals surface area contributed by atoms with Crippen molar-refractivity contribution in [2.24, 2.45) is 5.92 Å². The van der Waals surface area contributed by atoms with Crippen LogP contribution in [0.3, 0.4) is 0 Å². The van der Waals surface area contributed by atoms with Gasteiger partial charge in [-0.1, -0.05) is 233 Å². The number of ether oxygens (including phenoxy) is 3. The minimum absolute atomic E-state index is 0.0634. The molecule has 0 aliphatic heterocycles. The summed E-state index contributed by atoms with van der Waals surface area (Å²) < 4.78 is 16.8. The van der Waals surface area contributed by atoms with E-state index in [1.165, 1.54) is 167 Å². The van der Waals surface area contributed by atoms with Crippen LogP contribution in [-0.2, 0) is 28.6 Å². The predicted octanol–water partition coefficient (Wildman–Crippen LogP) is 15.5. The summed E-state index contributed by atoms with van der Waals surface area (Å²) >= 11 is 0. The fraction of sp³-hybridized carbons (Fsp3) is 0.939. The minimum Gasteiger partial charge on any atom is -0.462 e. The summed E-state index contributed by atoms with van der Waals surface area (Å²) in [6, 6.07) is 0. The van der Waals surface area contributed by atoms with E-state index in [0.29, 0.717) is 19.3 Å². The molecule has 0 aliphatic carbocycles. The monoisotopic (exact) mass is 779 g/mol. The molecule has 0 saturated heterocycles. The van der Waals surface area contributed by atoms with Crippen LogP contribution in [0.2, 0.25) is 0 Å². The number of carbonyl (C=O) groups excluding carboxylic acids is 3. The van der Waals surface area contributed by atoms with Gasteiger partial charge < -0.3 is 14.2 Å². The number of unbranched alkanes of at least 4 members (excludes halogenated alkanes) is 31. The van der Waals surface area contributed by atoms with Gasteiger partial charge in [0, 0.05) is 19.3 Å². The first-order chi connectivity index (χ1) is 26.9. The fourth-order valence-electron chi connectivity index (χ4n) is 7.33. The molecule has 6 nitrogen and oxygen atoms in total. The van der Waals surface area contributed by atoms with Gasteiger partial charge in [0.15, 0.2) is 6.10 Å². The fourth-order valence-corrected chi connectivity index (χ4v) is 7.33. The first kappa shape index (κ1) is 53.4. The number of carbonyl (C=O) groups is 3. The van der Waals surface area contributed by atoms with E-state index < -0.39 is 6.10 Å². The summed E-state index contributed by atoms with van der Waals surface area (Å²) in [5, 5.41) is 0. The molecular formula is C49H94O6. The molecule has 0 aromatic heterocycles. The van der Waals surface area contributed by atoms with Crippen molar-refractivity contribution in [1.82, 2.24) is 0 Å². The second-order valence-electron chi connectivity index (χ2n) is 17.2. The van der Waals surface area contributed by atoms with Crippen molar-refractivity contribution in [3.05, 3.63) is 0 Å². The Bertz CT molecular complexity index is 826. The summed E-state index contributed by atoms with van der Waals surface area (Å²) in [7, 11) is 0. The average Bonchev–Trinajstić information content (AvgIpc) is 3.17. The lowest BCUT2D eigenvalue weighted by Crippen LogP contribution is -2.30. The van der Waals surface area contributed by atoms with Gasteiger partial charge >= 0.3 is 17.9 Å². The van der Waals surface area contributed by atoms with E-state index in [-0.39, 0.29) is 31.1 Å². The summed E-state index contributed by atoms with van der Waals surface area (Å²) in [5.41, 5.74) is 0. The van der Waals surface area contributed by atoms with Crippen LogP contribution in [0.1, 0.15) is 272 Å². The zero-order chi connectivity index (χ0) is 40.3. The normalized spacial score (nSPS) is 11.9. The van der Waals surface area contributed by atoms with Crippen molar-refractivity contribution in [3.63, 3.8) is 0 Å². The molecule has 6 heteroatoms. The lowest BCUT2D eigenvalue weighted by Gasteiger charge is -2.18. The Morgan fingerprint density at radius 2 is 0.600 bits per heavy atom. The van der Waals surface area contributed by atoms with Gasteiger partial charge in [0.05, 0.1) is 0 Å². The van der Waals surface area contributed by atoms with E-state index in [1.54, 1.807) is 0 Å². The van der Waals surface area contributed by atoms with E-state index in [4.69, 9.17) is 14.2 Å². The highest BCUT2D eigenvalue weighted by molar-refractivity contribution is 5.71. The van der Waals surface area contributed by atoms with Crippen molar-refractivity contribution >= 4 is 17.9 Å². The van der Waals surface area contributed by atoms with Crippen LogP contribution in [0.4, 0.5) is 0 Å². The molecule has 0 aliphatic rings. The lowest BCUT2D eigenvalue weighted by atomic mass is 10.0. The molecule has 326 valence electrons. The van der Waals surface area contributed by atoms with Gasteiger partial charge in [-0.25, -0.2) is 0 Å². The number of esters is 3. The van der Waals surface area contributed by atoms with Gasteiger partial charge in [-0.05, 0) is 25.2 Å². The van der Waals surface area contributed by atoms with Crippen molar-refractivity contribution in [3.8, 4) is 0 Å². The molecule has 0 saturated carbocycles. The zero-order valence-corrected chi connectivity index (χ0v) is 37.4. The van der Waals surface area contributed by atoms with Gasteiger partial charge in [-0.3, -0.25) is 14.4 Å². The van der Waals surface area contributed by atoms with Crippen molar-refractivity contribution in [2.75, 3.05) is 13.2 Å². The lowest BCUT2D eigenvalue weighted by molar-refractivity contribution is -0.167. The van der Waals surface area contributed by atoms with E-state index in [1.807, 2.05) is 0 Å². The van der Waals surface area contributed by atoms with Crippen molar-refractivity contribution < 1.29 is 28.6 Å². The second kappa shape index (κ2) is 43.5. The van der Waals surface area contributed by atoms with Crippen LogP contribution in [0.5, 0.6) is 0 Å². The van der Waals surface area contributed by atoms with Crippen molar-refractivity contribution in [2.45, 2.75) is 278 Å². The number of rotatable bonds is 44. The number of hydrogen-bond acceptors (Lipinski definition) is 6. The van der Waals surface area contributed by atoms with E-state index in [0.717, 1.165) is 63.7 Å². The summed E-state index contributed by atoms with van der Waals surface area (Å²) in [5.74, 6) is -0.0414. The quantitative estimate of drug-likeness (QED) is 0.0348. The van der Waals surface area contributed by atoms with E-state index >= 15 is 0 Å². The van der Waals surface area contributed by atoms with Crippen LogP contribution < -0.4 is 0 Å². The van der Waals surface area contributed by atoms with E-state index in [9.17, 15) is 14.4 Å². The summed E-state index contributed by atoms with van der Waals surface area (Å²) in [6.45, 7) is 8.99. The highest BCUT2D eigenvalue weighted by atomic mass is 16.6. The molecule has 0 N–H and O–H groups in total. The molecule has 0 rings (SSSR count). The third kappa shape index (κ3) is 43.4. The van der Waals surface area contributed by atoms with Crippen LogP contribution >= 0.6 is 0 Å². The van der Waals surface area contributed by atoms with E-state index in [2.05, 4.69) is 27.7 Å². The molecule has 0 unspecified atom stereocenters. The van der Waals surface area contributed by atoms with Gasteiger partial charge in [0.2, 0.25) is 0 Å². The summed E-state index contributed by atoms with van der Waals surface area (Å²) in [4.78, 5) is 37.8. The highest BCUT2D eigenvalue weighted by Crippen LogP contribution is 2.16. The smallest absolute Gasteiger partial charge is 0.306 e.